The van der Waals surface area contributed by atoms with E-state index in [9.17, 15) is 0 Å². The van der Waals surface area contributed by atoms with Gasteiger partial charge in [0.2, 0.25) is 0 Å². The largest absolute Gasteiger partial charge is 0.309 e. The molecule has 0 unspecified atom stereocenters. The van der Waals surface area contributed by atoms with Gasteiger partial charge in [-0.15, -0.1) is 0 Å². The van der Waals surface area contributed by atoms with Crippen LogP contribution in [0.4, 0.5) is 0 Å². The van der Waals surface area contributed by atoms with Crippen molar-refractivity contribution in [2.75, 3.05) is 0 Å². The molecule has 0 aliphatic heterocycles. The number of hydrogen-bond donors (Lipinski definition) is 0. The minimum absolute atomic E-state index is 1.04. The molecule has 0 saturated carbocycles. The number of rotatable bonds is 5. The Bertz CT molecular complexity index is 2460. The molecule has 1 heterocycles. The van der Waals surface area contributed by atoms with E-state index >= 15 is 0 Å². The zero-order valence-electron chi connectivity index (χ0n) is 26.3. The van der Waals surface area contributed by atoms with Gasteiger partial charge in [0.25, 0.3) is 0 Å². The van der Waals surface area contributed by atoms with Crippen LogP contribution in [0.15, 0.2) is 170 Å². The summed E-state index contributed by atoms with van der Waals surface area (Å²) in [6.45, 7) is 2.21. The lowest BCUT2D eigenvalue weighted by molar-refractivity contribution is 1.14. The van der Waals surface area contributed by atoms with E-state index in [2.05, 4.69) is 181 Å². The summed E-state index contributed by atoms with van der Waals surface area (Å²) in [4.78, 5) is 0. The maximum absolute atomic E-state index is 2.37. The van der Waals surface area contributed by atoms with Crippen molar-refractivity contribution in [2.45, 2.75) is 13.3 Å². The van der Waals surface area contributed by atoms with Crippen LogP contribution in [0.3, 0.4) is 0 Å². The van der Waals surface area contributed by atoms with Gasteiger partial charge < -0.3 is 4.57 Å². The Morgan fingerprint density at radius 3 is 1.11 bits per heavy atom. The molecule has 0 atom stereocenters. The van der Waals surface area contributed by atoms with Crippen LogP contribution in [0.2, 0.25) is 0 Å². The first-order chi connectivity index (χ1) is 23.3. The third-order valence-electron chi connectivity index (χ3n) is 9.79. The molecule has 1 heteroatoms. The molecule has 1 nitrogen and oxygen atoms in total. The predicted molar refractivity (Wildman–Crippen MR) is 201 cm³/mol. The molecule has 0 fully saturated rings. The Hall–Kier alpha value is -5.92. The topological polar surface area (TPSA) is 4.93 Å². The van der Waals surface area contributed by atoms with Crippen molar-refractivity contribution in [3.05, 3.63) is 175 Å². The number of para-hydroxylation sites is 2. The molecule has 0 spiro atoms. The summed E-state index contributed by atoms with van der Waals surface area (Å²) in [6, 6.07) is 62.3. The van der Waals surface area contributed by atoms with Crippen molar-refractivity contribution >= 4 is 43.4 Å². The van der Waals surface area contributed by atoms with Crippen LogP contribution in [-0.2, 0) is 6.42 Å². The molecular weight excluding hydrogens is 567 g/mol. The molecule has 0 bridgehead atoms. The van der Waals surface area contributed by atoms with Gasteiger partial charge in [-0.1, -0.05) is 153 Å². The Kier molecular flexibility index (Phi) is 6.50. The predicted octanol–water partition coefficient (Wildman–Crippen LogP) is 12.7. The van der Waals surface area contributed by atoms with Crippen molar-refractivity contribution in [1.29, 1.82) is 0 Å². The smallest absolute Gasteiger partial charge is 0.0541 e. The van der Waals surface area contributed by atoms with Gasteiger partial charge in [0, 0.05) is 16.5 Å². The molecule has 222 valence electrons. The van der Waals surface area contributed by atoms with Gasteiger partial charge in [0.1, 0.15) is 0 Å². The van der Waals surface area contributed by atoms with Crippen molar-refractivity contribution < 1.29 is 0 Å². The average Bonchev–Trinajstić information content (AvgIpc) is 3.48. The number of hydrogen-bond acceptors (Lipinski definition) is 0. The minimum atomic E-state index is 1.04. The highest BCUT2D eigenvalue weighted by molar-refractivity contribution is 6.21. The van der Waals surface area contributed by atoms with E-state index in [1.807, 2.05) is 0 Å². The average molecular weight is 600 g/mol. The lowest BCUT2D eigenvalue weighted by Crippen LogP contribution is -1.93. The van der Waals surface area contributed by atoms with Crippen molar-refractivity contribution in [3.8, 4) is 39.1 Å². The van der Waals surface area contributed by atoms with Gasteiger partial charge in [-0.05, 0) is 91.2 Å². The third kappa shape index (κ3) is 4.47. The number of fused-ring (bicyclic) bond motifs is 5. The van der Waals surface area contributed by atoms with Crippen molar-refractivity contribution in [1.82, 2.24) is 4.57 Å². The summed E-state index contributed by atoms with van der Waals surface area (Å²) < 4.78 is 2.37. The van der Waals surface area contributed by atoms with E-state index in [0.29, 0.717) is 0 Å². The molecule has 0 aliphatic rings. The maximum atomic E-state index is 2.37. The lowest BCUT2D eigenvalue weighted by atomic mass is 9.85. The molecule has 0 amide bonds. The SMILES string of the molecule is CCc1ccc(-c2c3ccccc3c(-c3ccc(-c4ccc(-n5c6ccccc6c6ccccc65)cc4)cc3)c3ccccc23)cc1. The van der Waals surface area contributed by atoms with E-state index in [-0.39, 0.29) is 0 Å². The maximum Gasteiger partial charge on any atom is 0.0541 e. The van der Waals surface area contributed by atoms with Gasteiger partial charge in [-0.25, -0.2) is 0 Å². The molecule has 1 aromatic heterocycles. The van der Waals surface area contributed by atoms with Crippen molar-refractivity contribution in [2.24, 2.45) is 0 Å². The van der Waals surface area contributed by atoms with E-state index < -0.39 is 0 Å². The fraction of sp³-hybridized carbons (Fsp3) is 0.0435. The van der Waals surface area contributed by atoms with Gasteiger partial charge in [0.05, 0.1) is 11.0 Å². The highest BCUT2D eigenvalue weighted by atomic mass is 15.0. The summed E-state index contributed by atoms with van der Waals surface area (Å²) in [7, 11) is 0. The van der Waals surface area contributed by atoms with Crippen LogP contribution < -0.4 is 0 Å². The lowest BCUT2D eigenvalue weighted by Gasteiger charge is -2.18. The highest BCUT2D eigenvalue weighted by Crippen LogP contribution is 2.44. The normalized spacial score (nSPS) is 11.6. The second-order valence-electron chi connectivity index (χ2n) is 12.4. The fourth-order valence-electron chi connectivity index (χ4n) is 7.49. The molecular formula is C46H33N. The molecule has 8 aromatic carbocycles. The molecule has 9 aromatic rings. The number of nitrogens with zero attached hydrogens (tertiary/aromatic N) is 1. The second kappa shape index (κ2) is 11.2. The van der Waals surface area contributed by atoms with Crippen LogP contribution in [0, 0.1) is 0 Å². The van der Waals surface area contributed by atoms with Gasteiger partial charge in [-0.3, -0.25) is 0 Å². The van der Waals surface area contributed by atoms with Crippen molar-refractivity contribution in [3.63, 3.8) is 0 Å². The molecule has 0 N–H and O–H groups in total. The quantitative estimate of drug-likeness (QED) is 0.173. The van der Waals surface area contributed by atoms with Crippen LogP contribution >= 0.6 is 0 Å². The van der Waals surface area contributed by atoms with Gasteiger partial charge in [0.15, 0.2) is 0 Å². The third-order valence-corrected chi connectivity index (χ3v) is 9.79. The summed E-state index contributed by atoms with van der Waals surface area (Å²) in [5, 5.41) is 7.70. The van der Waals surface area contributed by atoms with Crippen LogP contribution in [-0.4, -0.2) is 4.57 Å². The van der Waals surface area contributed by atoms with E-state index in [1.165, 1.54) is 88.0 Å². The summed E-state index contributed by atoms with van der Waals surface area (Å²) in [6.07, 6.45) is 1.04. The first-order valence-corrected chi connectivity index (χ1v) is 16.5. The monoisotopic (exact) mass is 599 g/mol. The first kappa shape index (κ1) is 27.4. The summed E-state index contributed by atoms with van der Waals surface area (Å²) in [5.41, 5.74) is 12.5. The van der Waals surface area contributed by atoms with Gasteiger partial charge in [-0.2, -0.15) is 0 Å². The molecule has 0 radical (unpaired) electrons. The van der Waals surface area contributed by atoms with Gasteiger partial charge >= 0.3 is 0 Å². The second-order valence-corrected chi connectivity index (χ2v) is 12.4. The van der Waals surface area contributed by atoms with E-state index in [4.69, 9.17) is 0 Å². The van der Waals surface area contributed by atoms with Crippen LogP contribution in [0.25, 0.3) is 82.4 Å². The molecule has 0 saturated heterocycles. The summed E-state index contributed by atoms with van der Waals surface area (Å²) >= 11 is 0. The first-order valence-electron chi connectivity index (χ1n) is 16.5. The fourth-order valence-corrected chi connectivity index (χ4v) is 7.49. The Balaban J connectivity index is 1.13. The van der Waals surface area contributed by atoms with E-state index in [1.54, 1.807) is 0 Å². The Morgan fingerprint density at radius 1 is 0.340 bits per heavy atom. The highest BCUT2D eigenvalue weighted by Gasteiger charge is 2.17. The number of benzene rings is 8. The molecule has 47 heavy (non-hydrogen) atoms. The minimum Gasteiger partial charge on any atom is -0.309 e. The van der Waals surface area contributed by atoms with E-state index in [0.717, 1.165) is 6.42 Å². The zero-order chi connectivity index (χ0) is 31.3. The summed E-state index contributed by atoms with van der Waals surface area (Å²) in [5.74, 6) is 0. The van der Waals surface area contributed by atoms with Crippen LogP contribution in [0.5, 0.6) is 0 Å². The zero-order valence-corrected chi connectivity index (χ0v) is 26.3. The molecule has 9 rings (SSSR count). The number of aryl methyl sites for hydroxylation is 1. The Morgan fingerprint density at radius 2 is 0.681 bits per heavy atom. The standard InChI is InChI=1S/C46H33N/c1-2-31-19-21-34(22-20-31)45-39-13-3-5-15-41(39)46(42-16-6-4-14-40(42)45)35-25-23-32(24-26-35)33-27-29-36(30-28-33)47-43-17-9-7-11-37(43)38-12-8-10-18-44(38)47/h3-30H,2H2,1H3. The Labute approximate surface area is 275 Å². The number of aromatic nitrogens is 1. The molecule has 0 aliphatic carbocycles. The van der Waals surface area contributed by atoms with Crippen LogP contribution in [0.1, 0.15) is 12.5 Å².